The second-order valence-corrected chi connectivity index (χ2v) is 13.7. The van der Waals surface area contributed by atoms with Gasteiger partial charge in [0.15, 0.2) is 17.5 Å². The van der Waals surface area contributed by atoms with Gasteiger partial charge in [-0.05, 0) is 75.5 Å². The summed E-state index contributed by atoms with van der Waals surface area (Å²) < 4.78 is 2.33. The third-order valence-corrected chi connectivity index (χ3v) is 10.4. The molecule has 10 rings (SSSR count). The molecule has 0 spiro atoms. The standard InChI is InChI=1S/C46H32N4/c1-46(2)38-21-11-8-20-36(38)41-37(28-31-16-6-7-17-33(31)42(41)46)45-48-43(29-14-4-3-5-15-29)47-44(49-45)30-24-26-32(27-25-30)50-39-22-12-9-18-34(39)35-19-10-13-23-40(35)50/h3-28H,1-2H3. The van der Waals surface area contributed by atoms with Crippen LogP contribution in [0.25, 0.3) is 83.6 Å². The predicted octanol–water partition coefficient (Wildman–Crippen LogP) is 11.4. The summed E-state index contributed by atoms with van der Waals surface area (Å²) in [6.45, 7) is 4.67. The Morgan fingerprint density at radius 3 is 1.70 bits per heavy atom. The lowest BCUT2D eigenvalue weighted by Gasteiger charge is -2.23. The molecule has 0 atom stereocenters. The molecule has 0 amide bonds. The van der Waals surface area contributed by atoms with E-state index in [1.807, 2.05) is 18.2 Å². The van der Waals surface area contributed by atoms with Crippen molar-refractivity contribution in [1.82, 2.24) is 19.5 Å². The van der Waals surface area contributed by atoms with E-state index < -0.39 is 0 Å². The monoisotopic (exact) mass is 640 g/mol. The van der Waals surface area contributed by atoms with Gasteiger partial charge in [-0.15, -0.1) is 0 Å². The zero-order valence-corrected chi connectivity index (χ0v) is 27.8. The third-order valence-electron chi connectivity index (χ3n) is 10.4. The molecule has 2 heterocycles. The Hall–Kier alpha value is -6.39. The molecule has 4 heteroatoms. The highest BCUT2D eigenvalue weighted by molar-refractivity contribution is 6.09. The van der Waals surface area contributed by atoms with E-state index in [0.29, 0.717) is 17.5 Å². The highest BCUT2D eigenvalue weighted by atomic mass is 15.0. The first kappa shape index (κ1) is 28.6. The number of aromatic nitrogens is 4. The van der Waals surface area contributed by atoms with Gasteiger partial charge in [-0.2, -0.15) is 0 Å². The Bertz CT molecular complexity index is 2720. The molecule has 0 aliphatic heterocycles. The van der Waals surface area contributed by atoms with Crippen LogP contribution in [0.15, 0.2) is 158 Å². The summed E-state index contributed by atoms with van der Waals surface area (Å²) in [5.41, 5.74) is 11.3. The third kappa shape index (κ3) is 4.21. The van der Waals surface area contributed by atoms with Crippen molar-refractivity contribution in [3.05, 3.63) is 169 Å². The lowest BCUT2D eigenvalue weighted by atomic mass is 9.79. The van der Waals surface area contributed by atoms with Crippen molar-refractivity contribution >= 4 is 32.6 Å². The molecular weight excluding hydrogens is 609 g/mol. The zero-order chi connectivity index (χ0) is 33.4. The van der Waals surface area contributed by atoms with Crippen LogP contribution < -0.4 is 0 Å². The van der Waals surface area contributed by atoms with Gasteiger partial charge >= 0.3 is 0 Å². The molecule has 1 aliphatic carbocycles. The predicted molar refractivity (Wildman–Crippen MR) is 206 cm³/mol. The minimum atomic E-state index is -0.178. The first-order chi connectivity index (χ1) is 24.6. The van der Waals surface area contributed by atoms with Crippen LogP contribution in [0, 0.1) is 0 Å². The van der Waals surface area contributed by atoms with Gasteiger partial charge in [0.1, 0.15) is 0 Å². The van der Waals surface area contributed by atoms with E-state index in [0.717, 1.165) is 22.4 Å². The highest BCUT2D eigenvalue weighted by Gasteiger charge is 2.39. The number of hydrogen-bond acceptors (Lipinski definition) is 3. The maximum Gasteiger partial charge on any atom is 0.164 e. The van der Waals surface area contributed by atoms with Crippen LogP contribution in [0.2, 0.25) is 0 Å². The van der Waals surface area contributed by atoms with Crippen LogP contribution in [0.5, 0.6) is 0 Å². The van der Waals surface area contributed by atoms with Crippen molar-refractivity contribution in [2.45, 2.75) is 19.3 Å². The number of hydrogen-bond donors (Lipinski definition) is 0. The number of fused-ring (bicyclic) bond motifs is 8. The van der Waals surface area contributed by atoms with Gasteiger partial charge in [0.05, 0.1) is 11.0 Å². The summed E-state index contributed by atoms with van der Waals surface area (Å²) in [7, 11) is 0. The fourth-order valence-electron chi connectivity index (χ4n) is 8.14. The SMILES string of the molecule is CC1(C)c2ccccc2-c2c(-c3nc(-c4ccccc4)nc(-c4ccc(-n5c6ccccc6c6ccccc65)cc4)n3)cc3ccccc3c21. The second kappa shape index (κ2) is 10.8. The minimum Gasteiger partial charge on any atom is -0.309 e. The molecular formula is C46H32N4. The fourth-order valence-corrected chi connectivity index (χ4v) is 8.14. The molecule has 0 bridgehead atoms. The molecule has 236 valence electrons. The largest absolute Gasteiger partial charge is 0.309 e. The number of benzene rings is 7. The van der Waals surface area contributed by atoms with Crippen LogP contribution in [0.4, 0.5) is 0 Å². The van der Waals surface area contributed by atoms with Crippen molar-refractivity contribution in [3.63, 3.8) is 0 Å². The van der Waals surface area contributed by atoms with E-state index in [1.165, 1.54) is 54.8 Å². The Balaban J connectivity index is 1.19. The van der Waals surface area contributed by atoms with Crippen molar-refractivity contribution < 1.29 is 0 Å². The molecule has 2 aromatic heterocycles. The Morgan fingerprint density at radius 2 is 1.00 bits per heavy atom. The average Bonchev–Trinajstić information content (AvgIpc) is 3.64. The first-order valence-corrected chi connectivity index (χ1v) is 17.1. The summed E-state index contributed by atoms with van der Waals surface area (Å²) in [4.78, 5) is 15.6. The summed E-state index contributed by atoms with van der Waals surface area (Å²) in [6.07, 6.45) is 0. The summed E-state index contributed by atoms with van der Waals surface area (Å²) in [5.74, 6) is 1.98. The molecule has 0 unspecified atom stereocenters. The Morgan fingerprint density at radius 1 is 0.460 bits per heavy atom. The number of para-hydroxylation sites is 2. The van der Waals surface area contributed by atoms with Gasteiger partial charge in [-0.25, -0.2) is 15.0 Å². The maximum absolute atomic E-state index is 5.27. The van der Waals surface area contributed by atoms with E-state index in [4.69, 9.17) is 15.0 Å². The average molecular weight is 641 g/mol. The lowest BCUT2D eigenvalue weighted by Crippen LogP contribution is -2.15. The molecule has 0 saturated carbocycles. The number of rotatable bonds is 4. The Labute approximate surface area is 290 Å². The van der Waals surface area contributed by atoms with Crippen LogP contribution in [-0.4, -0.2) is 19.5 Å². The van der Waals surface area contributed by atoms with Crippen molar-refractivity contribution in [2.75, 3.05) is 0 Å². The Kier molecular flexibility index (Phi) is 6.19. The lowest BCUT2D eigenvalue weighted by molar-refractivity contribution is 0.666. The normalized spacial score (nSPS) is 13.2. The topological polar surface area (TPSA) is 43.6 Å². The quantitative estimate of drug-likeness (QED) is 0.192. The van der Waals surface area contributed by atoms with Gasteiger partial charge in [0.2, 0.25) is 0 Å². The van der Waals surface area contributed by atoms with Gasteiger partial charge in [-0.3, -0.25) is 0 Å². The molecule has 0 fully saturated rings. The van der Waals surface area contributed by atoms with Crippen LogP contribution >= 0.6 is 0 Å². The van der Waals surface area contributed by atoms with Crippen molar-refractivity contribution in [1.29, 1.82) is 0 Å². The molecule has 1 aliphatic rings. The van der Waals surface area contributed by atoms with E-state index >= 15 is 0 Å². The fraction of sp³-hybridized carbons (Fsp3) is 0.0652. The summed E-state index contributed by atoms with van der Waals surface area (Å²) in [6, 6.07) is 55.8. The van der Waals surface area contributed by atoms with Crippen molar-refractivity contribution in [3.8, 4) is 51.0 Å². The highest BCUT2D eigenvalue weighted by Crippen LogP contribution is 2.54. The van der Waals surface area contributed by atoms with Gasteiger partial charge in [-0.1, -0.05) is 129 Å². The van der Waals surface area contributed by atoms with Crippen LogP contribution in [0.3, 0.4) is 0 Å². The van der Waals surface area contributed by atoms with E-state index in [2.05, 4.69) is 158 Å². The minimum absolute atomic E-state index is 0.178. The first-order valence-electron chi connectivity index (χ1n) is 17.1. The molecule has 0 saturated heterocycles. The molecule has 4 nitrogen and oxygen atoms in total. The van der Waals surface area contributed by atoms with Crippen LogP contribution in [-0.2, 0) is 5.41 Å². The van der Waals surface area contributed by atoms with Gasteiger partial charge in [0.25, 0.3) is 0 Å². The zero-order valence-electron chi connectivity index (χ0n) is 27.8. The smallest absolute Gasteiger partial charge is 0.164 e. The molecule has 0 N–H and O–H groups in total. The number of nitrogens with zero attached hydrogens (tertiary/aromatic N) is 4. The maximum atomic E-state index is 5.27. The van der Waals surface area contributed by atoms with Gasteiger partial charge in [0, 0.05) is 38.6 Å². The molecule has 7 aromatic carbocycles. The van der Waals surface area contributed by atoms with E-state index in [-0.39, 0.29) is 5.41 Å². The van der Waals surface area contributed by atoms with E-state index in [1.54, 1.807) is 0 Å². The summed E-state index contributed by atoms with van der Waals surface area (Å²) >= 11 is 0. The van der Waals surface area contributed by atoms with Crippen molar-refractivity contribution in [2.24, 2.45) is 0 Å². The second-order valence-electron chi connectivity index (χ2n) is 13.7. The van der Waals surface area contributed by atoms with Crippen LogP contribution in [0.1, 0.15) is 25.0 Å². The van der Waals surface area contributed by atoms with E-state index in [9.17, 15) is 0 Å². The molecule has 0 radical (unpaired) electrons. The molecule has 9 aromatic rings. The van der Waals surface area contributed by atoms with Gasteiger partial charge < -0.3 is 4.57 Å². The summed E-state index contributed by atoms with van der Waals surface area (Å²) in [5, 5.41) is 4.94. The molecule has 50 heavy (non-hydrogen) atoms.